The van der Waals surface area contributed by atoms with Gasteiger partial charge >= 0.3 is 0 Å². The topological polar surface area (TPSA) is 61.4 Å². The molecule has 1 saturated heterocycles. The van der Waals surface area contributed by atoms with Crippen molar-refractivity contribution in [3.63, 3.8) is 0 Å². The Morgan fingerprint density at radius 3 is 2.11 bits per heavy atom. The number of carbonyl (C=O) groups is 2. The minimum absolute atomic E-state index is 0.0353. The minimum Gasteiger partial charge on any atom is -0.352 e. The molecule has 0 saturated carbocycles. The van der Waals surface area contributed by atoms with Crippen molar-refractivity contribution in [3.8, 4) is 0 Å². The van der Waals surface area contributed by atoms with E-state index in [2.05, 4.69) is 15.5 Å². The second kappa shape index (κ2) is 9.92. The fourth-order valence-corrected chi connectivity index (χ4v) is 3.48. The van der Waals surface area contributed by atoms with Crippen LogP contribution in [0.5, 0.6) is 0 Å². The predicted octanol–water partition coefficient (Wildman–Crippen LogP) is 3.50. The Morgan fingerprint density at radius 1 is 0.929 bits per heavy atom. The summed E-state index contributed by atoms with van der Waals surface area (Å²) in [6, 6.07) is 14.6. The lowest BCUT2D eigenvalue weighted by Crippen LogP contribution is -2.47. The zero-order valence-corrected chi connectivity index (χ0v) is 17.0. The average molecular weight is 420 g/mol. The Bertz CT molecular complexity index is 801. The molecular weight excluding hydrogens is 397 g/mol. The van der Waals surface area contributed by atoms with Crippen LogP contribution < -0.4 is 10.6 Å². The molecule has 0 atom stereocenters. The van der Waals surface area contributed by atoms with E-state index in [0.29, 0.717) is 10.6 Å². The van der Waals surface area contributed by atoms with Gasteiger partial charge in [0.05, 0.1) is 6.54 Å². The van der Waals surface area contributed by atoms with Crippen LogP contribution in [0.1, 0.15) is 28.8 Å². The number of nitrogens with zero attached hydrogens (tertiary/aromatic N) is 1. The molecule has 1 fully saturated rings. The Morgan fingerprint density at radius 2 is 1.50 bits per heavy atom. The average Bonchev–Trinajstić information content (AvgIpc) is 2.70. The Kier molecular flexibility index (Phi) is 7.31. The normalized spacial score (nSPS) is 15.2. The van der Waals surface area contributed by atoms with Gasteiger partial charge in [-0.05, 0) is 54.8 Å². The number of piperidine rings is 1. The second-order valence-electron chi connectivity index (χ2n) is 6.93. The number of rotatable bonds is 6. The lowest BCUT2D eigenvalue weighted by Gasteiger charge is -2.32. The summed E-state index contributed by atoms with van der Waals surface area (Å²) in [7, 11) is 0. The molecule has 148 valence electrons. The number of hydrogen-bond donors (Lipinski definition) is 2. The van der Waals surface area contributed by atoms with E-state index in [0.717, 1.165) is 37.5 Å². The van der Waals surface area contributed by atoms with Crippen LogP contribution in [0.15, 0.2) is 48.5 Å². The van der Waals surface area contributed by atoms with Crippen LogP contribution in [0, 0.1) is 0 Å². The van der Waals surface area contributed by atoms with Crippen LogP contribution in [-0.4, -0.2) is 42.4 Å². The highest BCUT2D eigenvalue weighted by Crippen LogP contribution is 2.16. The number of nitrogens with one attached hydrogen (secondary N) is 2. The molecular formula is C21H23Cl2N3O2. The third-order valence-corrected chi connectivity index (χ3v) is 5.29. The third-order valence-electron chi connectivity index (χ3n) is 4.79. The van der Waals surface area contributed by atoms with E-state index in [-0.39, 0.29) is 24.4 Å². The van der Waals surface area contributed by atoms with Gasteiger partial charge in [-0.3, -0.25) is 14.5 Å². The van der Waals surface area contributed by atoms with Crippen LogP contribution >= 0.6 is 23.2 Å². The zero-order chi connectivity index (χ0) is 19.9. The smallest absolute Gasteiger partial charge is 0.251 e. The van der Waals surface area contributed by atoms with Crippen LogP contribution in [-0.2, 0) is 11.3 Å². The second-order valence-corrected chi connectivity index (χ2v) is 7.81. The lowest BCUT2D eigenvalue weighted by molar-refractivity contribution is -0.121. The molecule has 0 unspecified atom stereocenters. The number of carbonyl (C=O) groups excluding carboxylic acids is 2. The van der Waals surface area contributed by atoms with E-state index in [1.807, 2.05) is 24.3 Å². The van der Waals surface area contributed by atoms with Gasteiger partial charge in [0.15, 0.2) is 0 Å². The maximum Gasteiger partial charge on any atom is 0.251 e. The van der Waals surface area contributed by atoms with Crippen LogP contribution in [0.3, 0.4) is 0 Å². The summed E-state index contributed by atoms with van der Waals surface area (Å²) in [4.78, 5) is 26.5. The molecule has 2 aromatic rings. The molecule has 28 heavy (non-hydrogen) atoms. The van der Waals surface area contributed by atoms with Gasteiger partial charge < -0.3 is 10.6 Å². The van der Waals surface area contributed by atoms with Gasteiger partial charge in [-0.25, -0.2) is 0 Å². The zero-order valence-electron chi connectivity index (χ0n) is 15.5. The van der Waals surface area contributed by atoms with Gasteiger partial charge in [0.25, 0.3) is 5.91 Å². The highest BCUT2D eigenvalue weighted by Gasteiger charge is 2.21. The summed E-state index contributed by atoms with van der Waals surface area (Å²) < 4.78 is 0. The Hall–Kier alpha value is -2.08. The number of likely N-dealkylation sites (tertiary alicyclic amines) is 1. The van der Waals surface area contributed by atoms with E-state index in [4.69, 9.17) is 23.2 Å². The molecule has 7 heteroatoms. The molecule has 2 N–H and O–H groups in total. The minimum atomic E-state index is -0.287. The fourth-order valence-electron chi connectivity index (χ4n) is 3.23. The van der Waals surface area contributed by atoms with Crippen LogP contribution in [0.2, 0.25) is 10.0 Å². The fraction of sp³-hybridized carbons (Fsp3) is 0.333. The SMILES string of the molecule is O=C(CNC(=O)c1ccc(Cl)cc1)NC1CCN(Cc2ccc(Cl)cc2)CC1. The standard InChI is InChI=1S/C21H23Cl2N3O2/c22-17-5-1-15(2-6-17)14-26-11-9-19(10-12-26)25-20(27)13-24-21(28)16-3-7-18(23)8-4-16/h1-8,19H,9-14H2,(H,24,28)(H,25,27). The van der Waals surface area contributed by atoms with Crippen molar-refractivity contribution in [2.24, 2.45) is 0 Å². The van der Waals surface area contributed by atoms with Gasteiger partial charge in [-0.1, -0.05) is 35.3 Å². The van der Waals surface area contributed by atoms with E-state index < -0.39 is 0 Å². The van der Waals surface area contributed by atoms with Crippen LogP contribution in [0.4, 0.5) is 0 Å². The van der Waals surface area contributed by atoms with Gasteiger partial charge in [-0.2, -0.15) is 0 Å². The Balaban J connectivity index is 1.37. The molecule has 0 radical (unpaired) electrons. The van der Waals surface area contributed by atoms with Crippen molar-refractivity contribution in [3.05, 3.63) is 69.7 Å². The first-order valence-electron chi connectivity index (χ1n) is 9.29. The number of halogens is 2. The molecule has 1 aliphatic heterocycles. The summed E-state index contributed by atoms with van der Waals surface area (Å²) in [5, 5.41) is 6.96. The summed E-state index contributed by atoms with van der Waals surface area (Å²) in [5.41, 5.74) is 1.71. The number of amides is 2. The van der Waals surface area contributed by atoms with Crippen molar-refractivity contribution in [1.29, 1.82) is 0 Å². The molecule has 2 aromatic carbocycles. The molecule has 5 nitrogen and oxygen atoms in total. The maximum absolute atomic E-state index is 12.1. The molecule has 0 spiro atoms. The quantitative estimate of drug-likeness (QED) is 0.752. The van der Waals surface area contributed by atoms with Gasteiger partial charge in [0.2, 0.25) is 5.91 Å². The summed E-state index contributed by atoms with van der Waals surface area (Å²) in [6.45, 7) is 2.69. The van der Waals surface area contributed by atoms with Crippen molar-refractivity contribution in [2.45, 2.75) is 25.4 Å². The van der Waals surface area contributed by atoms with Gasteiger partial charge in [0, 0.05) is 41.3 Å². The third kappa shape index (κ3) is 6.23. The van der Waals surface area contributed by atoms with Crippen LogP contribution in [0.25, 0.3) is 0 Å². The monoisotopic (exact) mass is 419 g/mol. The predicted molar refractivity (Wildman–Crippen MR) is 112 cm³/mol. The summed E-state index contributed by atoms with van der Waals surface area (Å²) in [5.74, 6) is -0.455. The van der Waals surface area contributed by atoms with Crippen molar-refractivity contribution < 1.29 is 9.59 Å². The van der Waals surface area contributed by atoms with E-state index in [1.54, 1.807) is 24.3 Å². The Labute approximate surface area is 175 Å². The first-order valence-corrected chi connectivity index (χ1v) is 10.0. The van der Waals surface area contributed by atoms with Crippen molar-refractivity contribution in [1.82, 2.24) is 15.5 Å². The molecule has 0 aliphatic carbocycles. The largest absolute Gasteiger partial charge is 0.352 e. The summed E-state index contributed by atoms with van der Waals surface area (Å²) in [6.07, 6.45) is 1.79. The lowest BCUT2D eigenvalue weighted by atomic mass is 10.0. The number of benzene rings is 2. The van der Waals surface area contributed by atoms with E-state index in [9.17, 15) is 9.59 Å². The molecule has 3 rings (SSSR count). The van der Waals surface area contributed by atoms with Crippen molar-refractivity contribution >= 4 is 35.0 Å². The first-order chi connectivity index (χ1) is 13.5. The molecule has 0 aromatic heterocycles. The molecule has 2 amide bonds. The van der Waals surface area contributed by atoms with Gasteiger partial charge in [-0.15, -0.1) is 0 Å². The van der Waals surface area contributed by atoms with E-state index in [1.165, 1.54) is 5.56 Å². The van der Waals surface area contributed by atoms with Crippen molar-refractivity contribution in [2.75, 3.05) is 19.6 Å². The highest BCUT2D eigenvalue weighted by molar-refractivity contribution is 6.30. The number of hydrogen-bond acceptors (Lipinski definition) is 3. The molecule has 0 bridgehead atoms. The molecule has 1 aliphatic rings. The van der Waals surface area contributed by atoms with Gasteiger partial charge in [0.1, 0.15) is 0 Å². The summed E-state index contributed by atoms with van der Waals surface area (Å²) >= 11 is 11.7. The first kappa shape index (κ1) is 20.6. The molecule has 1 heterocycles. The van der Waals surface area contributed by atoms with E-state index >= 15 is 0 Å². The highest BCUT2D eigenvalue weighted by atomic mass is 35.5. The maximum atomic E-state index is 12.1.